The average Bonchev–Trinajstić information content (AvgIpc) is 3.34. The van der Waals surface area contributed by atoms with Crippen molar-refractivity contribution in [2.24, 2.45) is 11.8 Å². The van der Waals surface area contributed by atoms with Crippen LogP contribution in [0.15, 0.2) is 47.0 Å². The Morgan fingerprint density at radius 2 is 1.66 bits per heavy atom. The van der Waals surface area contributed by atoms with Crippen LogP contribution in [0.4, 0.5) is 23.4 Å². The van der Waals surface area contributed by atoms with Crippen LogP contribution in [0.25, 0.3) is 11.3 Å². The van der Waals surface area contributed by atoms with Crippen molar-refractivity contribution in [3.05, 3.63) is 59.7 Å². The molecule has 1 aliphatic carbocycles. The van der Waals surface area contributed by atoms with Gasteiger partial charge in [-0.2, -0.15) is 18.2 Å². The van der Waals surface area contributed by atoms with Gasteiger partial charge in [0.2, 0.25) is 5.91 Å². The molecule has 0 saturated heterocycles. The van der Waals surface area contributed by atoms with Crippen molar-refractivity contribution in [2.45, 2.75) is 83.7 Å². The molecule has 0 unspecified atom stereocenters. The van der Waals surface area contributed by atoms with Crippen molar-refractivity contribution in [3.8, 4) is 11.3 Å². The van der Waals surface area contributed by atoms with Crippen LogP contribution in [0.5, 0.6) is 0 Å². The van der Waals surface area contributed by atoms with E-state index >= 15 is 0 Å². The molecule has 2 aromatic heterocycles. The number of amides is 1. The normalized spacial score (nSPS) is 17.8. The van der Waals surface area contributed by atoms with Gasteiger partial charge in [0, 0.05) is 24.4 Å². The molecule has 0 atom stereocenters. The second-order valence-corrected chi connectivity index (χ2v) is 11.7. The SMILES string of the molecule is CC(C)(O)c1ccc(-c2cccc(N(CCCCCc3noc(C(C)(C)F)n3)C(=O)[C@H]3C[C@H](C(F)(F)F)C3)n2)cc1. The van der Waals surface area contributed by atoms with Gasteiger partial charge in [-0.1, -0.05) is 41.9 Å². The molecule has 1 amide bonds. The van der Waals surface area contributed by atoms with Crippen molar-refractivity contribution < 1.29 is 32.0 Å². The summed E-state index contributed by atoms with van der Waals surface area (Å²) in [5.41, 5.74) is -0.595. The molecule has 11 heteroatoms. The van der Waals surface area contributed by atoms with Gasteiger partial charge in [-0.15, -0.1) is 0 Å². The van der Waals surface area contributed by atoms with Gasteiger partial charge in [-0.25, -0.2) is 9.37 Å². The minimum Gasteiger partial charge on any atom is -0.386 e. The first kappa shape index (κ1) is 30.6. The number of aryl methyl sites for hydroxylation is 1. The Morgan fingerprint density at radius 3 is 2.24 bits per heavy atom. The minimum absolute atomic E-state index is 0.0809. The number of benzene rings is 1. The molecule has 0 spiro atoms. The number of nitrogens with zero attached hydrogens (tertiary/aromatic N) is 4. The van der Waals surface area contributed by atoms with Crippen LogP contribution in [0, 0.1) is 11.8 Å². The van der Waals surface area contributed by atoms with Gasteiger partial charge in [0.15, 0.2) is 11.5 Å². The van der Waals surface area contributed by atoms with Gasteiger partial charge in [-0.3, -0.25) is 9.69 Å². The zero-order valence-corrected chi connectivity index (χ0v) is 23.7. The average molecular weight is 577 g/mol. The lowest BCUT2D eigenvalue weighted by Gasteiger charge is -2.38. The maximum absolute atomic E-state index is 14.0. The van der Waals surface area contributed by atoms with E-state index in [4.69, 9.17) is 4.52 Å². The second-order valence-electron chi connectivity index (χ2n) is 11.7. The van der Waals surface area contributed by atoms with E-state index in [1.165, 1.54) is 18.7 Å². The van der Waals surface area contributed by atoms with E-state index < -0.39 is 29.3 Å². The summed E-state index contributed by atoms with van der Waals surface area (Å²) in [4.78, 5) is 23.7. The van der Waals surface area contributed by atoms with Crippen LogP contribution in [0.3, 0.4) is 0 Å². The van der Waals surface area contributed by atoms with Crippen LogP contribution in [-0.4, -0.2) is 38.9 Å². The zero-order chi connectivity index (χ0) is 30.0. The van der Waals surface area contributed by atoms with Crippen molar-refractivity contribution in [1.82, 2.24) is 15.1 Å². The van der Waals surface area contributed by atoms with Crippen LogP contribution < -0.4 is 4.90 Å². The molecule has 7 nitrogen and oxygen atoms in total. The molecular formula is C30H36F4N4O3. The van der Waals surface area contributed by atoms with Crippen LogP contribution in [0.2, 0.25) is 0 Å². The highest BCUT2D eigenvalue weighted by molar-refractivity contribution is 5.95. The molecule has 0 aliphatic heterocycles. The third kappa shape index (κ3) is 7.69. The van der Waals surface area contributed by atoms with Crippen molar-refractivity contribution >= 4 is 11.7 Å². The number of aromatic nitrogens is 3. The number of halogens is 4. The monoisotopic (exact) mass is 576 g/mol. The molecule has 2 heterocycles. The summed E-state index contributed by atoms with van der Waals surface area (Å²) >= 11 is 0. The lowest BCUT2D eigenvalue weighted by atomic mass is 9.73. The topological polar surface area (TPSA) is 92.4 Å². The van der Waals surface area contributed by atoms with Gasteiger partial charge in [0.1, 0.15) is 5.82 Å². The van der Waals surface area contributed by atoms with Gasteiger partial charge in [0.25, 0.3) is 5.89 Å². The van der Waals surface area contributed by atoms with Crippen LogP contribution in [-0.2, 0) is 22.5 Å². The highest BCUT2D eigenvalue weighted by atomic mass is 19.4. The number of carbonyl (C=O) groups excluding carboxylic acids is 1. The molecular weight excluding hydrogens is 540 g/mol. The van der Waals surface area contributed by atoms with E-state index in [2.05, 4.69) is 15.1 Å². The predicted molar refractivity (Wildman–Crippen MR) is 146 cm³/mol. The predicted octanol–water partition coefficient (Wildman–Crippen LogP) is 6.90. The Bertz CT molecular complexity index is 1320. The molecule has 222 valence electrons. The van der Waals surface area contributed by atoms with Gasteiger partial charge in [0.05, 0.1) is 17.2 Å². The summed E-state index contributed by atoms with van der Waals surface area (Å²) in [5, 5.41) is 14.1. The molecule has 3 aromatic rings. The number of rotatable bonds is 11. The quantitative estimate of drug-likeness (QED) is 0.197. The summed E-state index contributed by atoms with van der Waals surface area (Å²) in [7, 11) is 0. The van der Waals surface area contributed by atoms with Gasteiger partial charge < -0.3 is 9.63 Å². The fraction of sp³-hybridized carbons (Fsp3) is 0.533. The first-order valence-corrected chi connectivity index (χ1v) is 13.8. The summed E-state index contributed by atoms with van der Waals surface area (Å²) in [6, 6.07) is 12.5. The van der Waals surface area contributed by atoms with Gasteiger partial charge in [-0.05, 0) is 71.1 Å². The molecule has 1 aliphatic rings. The summed E-state index contributed by atoms with van der Waals surface area (Å²) in [5.74, 6) is -1.83. The van der Waals surface area contributed by atoms with Gasteiger partial charge >= 0.3 is 6.18 Å². The maximum atomic E-state index is 14.0. The number of alkyl halides is 4. The number of pyridine rings is 1. The first-order chi connectivity index (χ1) is 19.1. The molecule has 1 saturated carbocycles. The van der Waals surface area contributed by atoms with E-state index in [1.807, 2.05) is 12.1 Å². The van der Waals surface area contributed by atoms with E-state index in [1.54, 1.807) is 44.2 Å². The number of anilines is 1. The van der Waals surface area contributed by atoms with E-state index in [9.17, 15) is 27.5 Å². The number of hydrogen-bond donors (Lipinski definition) is 1. The molecule has 1 aromatic carbocycles. The zero-order valence-electron chi connectivity index (χ0n) is 23.7. The van der Waals surface area contributed by atoms with Crippen LogP contribution in [0.1, 0.15) is 77.1 Å². The standard InChI is InChI=1S/C30H36F4N4O3/c1-28(2,31)27-36-24(37-41-27)10-6-5-7-16-38(26(39)20-17-22(18-20)30(32,33)34)25-11-8-9-23(35-25)19-12-14-21(15-13-19)29(3,4)40/h8-9,11-15,20,22,40H,5-7,10,16-18H2,1-4H3/t20-,22-. The minimum atomic E-state index is -4.30. The number of aliphatic hydroxyl groups is 1. The first-order valence-electron chi connectivity index (χ1n) is 13.8. The third-order valence-corrected chi connectivity index (χ3v) is 7.37. The Labute approximate surface area is 237 Å². The van der Waals surface area contributed by atoms with E-state index in [0.717, 1.165) is 11.1 Å². The largest absolute Gasteiger partial charge is 0.391 e. The fourth-order valence-electron chi connectivity index (χ4n) is 4.75. The molecule has 41 heavy (non-hydrogen) atoms. The highest BCUT2D eigenvalue weighted by Crippen LogP contribution is 2.45. The Balaban J connectivity index is 1.45. The summed E-state index contributed by atoms with van der Waals surface area (Å²) in [6.07, 6.45) is -2.36. The lowest BCUT2D eigenvalue weighted by molar-refractivity contribution is -0.204. The molecule has 1 fully saturated rings. The molecule has 0 radical (unpaired) electrons. The Hall–Kier alpha value is -3.34. The van der Waals surface area contributed by atoms with E-state index in [0.29, 0.717) is 43.0 Å². The van der Waals surface area contributed by atoms with Crippen molar-refractivity contribution in [3.63, 3.8) is 0 Å². The smallest absolute Gasteiger partial charge is 0.386 e. The maximum Gasteiger partial charge on any atom is 0.391 e. The molecule has 0 bridgehead atoms. The third-order valence-electron chi connectivity index (χ3n) is 7.37. The van der Waals surface area contributed by atoms with Crippen molar-refractivity contribution in [1.29, 1.82) is 0 Å². The van der Waals surface area contributed by atoms with Crippen molar-refractivity contribution in [2.75, 3.05) is 11.4 Å². The highest BCUT2D eigenvalue weighted by Gasteiger charge is 2.50. The second kappa shape index (κ2) is 11.9. The number of unbranched alkanes of at least 4 members (excludes halogenated alkanes) is 2. The van der Waals surface area contributed by atoms with E-state index in [-0.39, 0.29) is 31.2 Å². The molecule has 1 N–H and O–H groups in total. The number of hydrogen-bond acceptors (Lipinski definition) is 6. The van der Waals surface area contributed by atoms with Crippen LogP contribution >= 0.6 is 0 Å². The Kier molecular flexibility index (Phi) is 8.87. The molecule has 4 rings (SSSR count). The summed E-state index contributed by atoms with van der Waals surface area (Å²) < 4.78 is 58.3. The number of carbonyl (C=O) groups is 1. The fourth-order valence-corrected chi connectivity index (χ4v) is 4.75. The Morgan fingerprint density at radius 1 is 0.976 bits per heavy atom. The lowest BCUT2D eigenvalue weighted by Crippen LogP contribution is -2.46. The summed E-state index contributed by atoms with van der Waals surface area (Å²) in [6.45, 7) is 6.34.